The number of imidazole rings is 1. The molecule has 1 aromatic carbocycles. The minimum absolute atomic E-state index is 0.0431. The topological polar surface area (TPSA) is 95.0 Å². The minimum atomic E-state index is -4.58. The molecular weight excluding hydrogens is 447 g/mol. The number of fused-ring (bicyclic) bond motifs is 1. The monoisotopic (exact) mass is 471 g/mol. The molecule has 0 aliphatic heterocycles. The summed E-state index contributed by atoms with van der Waals surface area (Å²) in [5.74, 6) is 0.0431. The lowest BCUT2D eigenvalue weighted by molar-refractivity contribution is -0.141. The van der Waals surface area contributed by atoms with Crippen LogP contribution >= 0.6 is 0 Å². The maximum atomic E-state index is 12.8. The van der Waals surface area contributed by atoms with E-state index in [-0.39, 0.29) is 23.6 Å². The lowest BCUT2D eigenvalue weighted by Crippen LogP contribution is -2.39. The number of aromatic nitrogens is 3. The van der Waals surface area contributed by atoms with E-state index in [1.807, 2.05) is 16.7 Å². The lowest BCUT2D eigenvalue weighted by Gasteiger charge is -2.40. The molecule has 34 heavy (non-hydrogen) atoms. The molecule has 2 aromatic heterocycles. The van der Waals surface area contributed by atoms with Gasteiger partial charge in [0.2, 0.25) is 0 Å². The number of anilines is 1. The normalized spacial score (nSPS) is 20.7. The van der Waals surface area contributed by atoms with E-state index in [1.165, 1.54) is 0 Å². The number of nitrogens with zero attached hydrogens (tertiary/aromatic N) is 5. The van der Waals surface area contributed by atoms with Gasteiger partial charge in [-0.2, -0.15) is 18.4 Å². The Bertz CT molecular complexity index is 1230. The summed E-state index contributed by atoms with van der Waals surface area (Å²) in [6.45, 7) is 3.01. The molecule has 2 heterocycles. The van der Waals surface area contributed by atoms with Crippen LogP contribution in [0.2, 0.25) is 0 Å². The zero-order valence-electron chi connectivity index (χ0n) is 18.6. The third kappa shape index (κ3) is 4.98. The molecule has 1 fully saturated rings. The van der Waals surface area contributed by atoms with Crippen LogP contribution in [0, 0.1) is 22.7 Å². The number of nitriles is 1. The third-order valence-corrected chi connectivity index (χ3v) is 6.50. The molecule has 1 N–H and O–H groups in total. The second kappa shape index (κ2) is 8.97. The van der Waals surface area contributed by atoms with Crippen LogP contribution in [0.25, 0.3) is 11.0 Å². The van der Waals surface area contributed by atoms with Crippen molar-refractivity contribution in [1.29, 1.82) is 5.26 Å². The minimum Gasteiger partial charge on any atom is -0.465 e. The highest BCUT2D eigenvalue weighted by atomic mass is 19.4. The quantitative estimate of drug-likeness (QED) is 0.515. The summed E-state index contributed by atoms with van der Waals surface area (Å²) in [5, 5.41) is 18.9. The summed E-state index contributed by atoms with van der Waals surface area (Å²) < 4.78 is 40.5. The number of rotatable bonds is 5. The van der Waals surface area contributed by atoms with Crippen LogP contribution in [-0.2, 0) is 12.7 Å². The number of carboxylic acid groups (broad SMARTS) is 1. The van der Waals surface area contributed by atoms with Gasteiger partial charge in [-0.25, -0.2) is 14.8 Å². The van der Waals surface area contributed by atoms with Crippen molar-refractivity contribution in [1.82, 2.24) is 14.5 Å². The summed E-state index contributed by atoms with van der Waals surface area (Å²) in [7, 11) is 0. The first-order valence-corrected chi connectivity index (χ1v) is 11.0. The molecule has 4 rings (SSSR count). The molecule has 0 spiro atoms. The fraction of sp³-hybridized carbons (Fsp3) is 0.417. The maximum absolute atomic E-state index is 12.8. The van der Waals surface area contributed by atoms with Gasteiger partial charge in [0.25, 0.3) is 0 Å². The molecule has 1 saturated carbocycles. The number of halogens is 3. The van der Waals surface area contributed by atoms with Crippen molar-refractivity contribution in [2.75, 3.05) is 11.4 Å². The molecule has 1 amide bonds. The summed E-state index contributed by atoms with van der Waals surface area (Å²) in [6, 6.07) is 9.46. The lowest BCUT2D eigenvalue weighted by atomic mass is 9.70. The van der Waals surface area contributed by atoms with Gasteiger partial charge in [-0.3, -0.25) is 4.90 Å². The number of pyridine rings is 1. The summed E-state index contributed by atoms with van der Waals surface area (Å²) in [4.78, 5) is 20.8. The number of carbonyl (C=O) groups is 1. The van der Waals surface area contributed by atoms with Gasteiger partial charge in [-0.15, -0.1) is 0 Å². The van der Waals surface area contributed by atoms with Crippen molar-refractivity contribution in [3.63, 3.8) is 0 Å². The van der Waals surface area contributed by atoms with Crippen molar-refractivity contribution >= 4 is 22.8 Å². The second-order valence-electron chi connectivity index (χ2n) is 9.25. The van der Waals surface area contributed by atoms with Gasteiger partial charge in [-0.1, -0.05) is 13.3 Å². The summed E-state index contributed by atoms with van der Waals surface area (Å²) in [5.41, 5.74) is 1.19. The fourth-order valence-corrected chi connectivity index (χ4v) is 4.95. The van der Waals surface area contributed by atoms with E-state index in [9.17, 15) is 28.3 Å². The summed E-state index contributed by atoms with van der Waals surface area (Å²) in [6.07, 6.45) is 0.369. The van der Waals surface area contributed by atoms with Crippen molar-refractivity contribution in [2.45, 2.75) is 45.3 Å². The largest absolute Gasteiger partial charge is 0.465 e. The fourth-order valence-electron chi connectivity index (χ4n) is 4.95. The van der Waals surface area contributed by atoms with Gasteiger partial charge >= 0.3 is 12.3 Å². The predicted molar refractivity (Wildman–Crippen MR) is 119 cm³/mol. The number of alkyl halides is 3. The molecular formula is C24H24F3N5O2. The zero-order chi connectivity index (χ0) is 24.5. The molecule has 0 radical (unpaired) electrons. The van der Waals surface area contributed by atoms with E-state index in [1.54, 1.807) is 12.4 Å². The zero-order valence-corrected chi connectivity index (χ0v) is 18.6. The predicted octanol–water partition coefficient (Wildman–Crippen LogP) is 5.70. The second-order valence-corrected chi connectivity index (χ2v) is 9.25. The molecule has 0 saturated heterocycles. The van der Waals surface area contributed by atoms with E-state index in [2.05, 4.69) is 23.0 Å². The number of hydrogen-bond donors (Lipinski definition) is 1. The first kappa shape index (κ1) is 23.5. The van der Waals surface area contributed by atoms with E-state index >= 15 is 0 Å². The highest BCUT2D eigenvalue weighted by Crippen LogP contribution is 2.41. The molecule has 2 unspecified atom stereocenters. The number of benzene rings is 1. The molecule has 2 atom stereocenters. The first-order valence-electron chi connectivity index (χ1n) is 11.0. The average molecular weight is 471 g/mol. The standard InChI is InChI=1S/C24H24F3N5O2/c1-23(14-31-15-30-19-6-4-16(11-28)9-20(19)31)8-2-3-17(10-23)13-32(22(33)34)18-5-7-21(29-12-18)24(25,26)27/h4-7,9,12,15,17H,2-3,8,10,13-14H2,1H3,(H,33,34). The Balaban J connectivity index is 1.50. The van der Waals surface area contributed by atoms with Gasteiger partial charge in [0.15, 0.2) is 0 Å². The molecule has 3 aromatic rings. The van der Waals surface area contributed by atoms with Gasteiger partial charge < -0.3 is 9.67 Å². The van der Waals surface area contributed by atoms with Crippen molar-refractivity contribution in [3.8, 4) is 6.07 Å². The first-order chi connectivity index (χ1) is 16.1. The Hall–Kier alpha value is -3.61. The molecule has 10 heteroatoms. The SMILES string of the molecule is CC1(Cn2cnc3ccc(C#N)cc32)CCCC(CN(C(=O)O)c2ccc(C(F)(F)F)nc2)C1. The van der Waals surface area contributed by atoms with E-state index in [0.29, 0.717) is 12.1 Å². The Kier molecular flexibility index (Phi) is 6.21. The van der Waals surface area contributed by atoms with Crippen LogP contribution in [0.4, 0.5) is 23.7 Å². The van der Waals surface area contributed by atoms with E-state index in [4.69, 9.17) is 0 Å². The van der Waals surface area contributed by atoms with Gasteiger partial charge in [0, 0.05) is 13.1 Å². The van der Waals surface area contributed by atoms with Crippen LogP contribution < -0.4 is 4.90 Å². The van der Waals surface area contributed by atoms with Crippen LogP contribution in [0.1, 0.15) is 43.9 Å². The molecule has 7 nitrogen and oxygen atoms in total. The van der Waals surface area contributed by atoms with Crippen molar-refractivity contribution in [2.24, 2.45) is 11.3 Å². The molecule has 1 aliphatic carbocycles. The molecule has 1 aliphatic rings. The van der Waals surface area contributed by atoms with Crippen molar-refractivity contribution in [3.05, 3.63) is 54.1 Å². The highest BCUT2D eigenvalue weighted by molar-refractivity contribution is 5.85. The molecule has 0 bridgehead atoms. The Morgan fingerprint density at radius 1 is 1.32 bits per heavy atom. The Morgan fingerprint density at radius 3 is 2.76 bits per heavy atom. The number of hydrogen-bond acceptors (Lipinski definition) is 4. The van der Waals surface area contributed by atoms with Crippen molar-refractivity contribution < 1.29 is 23.1 Å². The Morgan fingerprint density at radius 2 is 2.12 bits per heavy atom. The van der Waals surface area contributed by atoms with Gasteiger partial charge in [0.05, 0.1) is 40.9 Å². The van der Waals surface area contributed by atoms with E-state index in [0.717, 1.165) is 59.9 Å². The summed E-state index contributed by atoms with van der Waals surface area (Å²) >= 11 is 0. The van der Waals surface area contributed by atoms with Crippen LogP contribution in [0.5, 0.6) is 0 Å². The van der Waals surface area contributed by atoms with Gasteiger partial charge in [0.1, 0.15) is 5.69 Å². The van der Waals surface area contributed by atoms with Crippen LogP contribution in [-0.4, -0.2) is 32.3 Å². The van der Waals surface area contributed by atoms with Crippen LogP contribution in [0.3, 0.4) is 0 Å². The Labute approximate surface area is 194 Å². The van der Waals surface area contributed by atoms with Crippen LogP contribution in [0.15, 0.2) is 42.9 Å². The smallest absolute Gasteiger partial charge is 0.433 e. The third-order valence-electron chi connectivity index (χ3n) is 6.50. The average Bonchev–Trinajstić information content (AvgIpc) is 3.18. The highest BCUT2D eigenvalue weighted by Gasteiger charge is 2.35. The van der Waals surface area contributed by atoms with Gasteiger partial charge in [-0.05, 0) is 60.9 Å². The maximum Gasteiger partial charge on any atom is 0.433 e. The number of amides is 1. The van der Waals surface area contributed by atoms with E-state index < -0.39 is 18.0 Å². The molecule has 178 valence electrons.